The molecule has 1 rings (SSSR count). The summed E-state index contributed by atoms with van der Waals surface area (Å²) in [5, 5.41) is 0. The van der Waals surface area contributed by atoms with Crippen LogP contribution in [0.1, 0.15) is 6.92 Å². The summed E-state index contributed by atoms with van der Waals surface area (Å²) in [6.07, 6.45) is 0. The van der Waals surface area contributed by atoms with Crippen LogP contribution in [0.2, 0.25) is 0 Å². The van der Waals surface area contributed by atoms with Crippen molar-refractivity contribution in [3.8, 4) is 0 Å². The van der Waals surface area contributed by atoms with Crippen molar-refractivity contribution in [3.63, 3.8) is 0 Å². The Morgan fingerprint density at radius 2 is 2.50 bits per heavy atom. The van der Waals surface area contributed by atoms with Gasteiger partial charge >= 0.3 is 0 Å². The highest BCUT2D eigenvalue weighted by Gasteiger charge is 2.12. The van der Waals surface area contributed by atoms with Crippen molar-refractivity contribution in [2.45, 2.75) is 6.92 Å². The van der Waals surface area contributed by atoms with E-state index in [4.69, 9.17) is 4.74 Å². The molecule has 0 aromatic rings. The van der Waals surface area contributed by atoms with Crippen molar-refractivity contribution in [1.29, 1.82) is 0 Å². The van der Waals surface area contributed by atoms with Gasteiger partial charge in [0, 0.05) is 13.5 Å². The van der Waals surface area contributed by atoms with Gasteiger partial charge in [0.25, 0.3) is 0 Å². The zero-order valence-electron chi connectivity index (χ0n) is 4.89. The van der Waals surface area contributed by atoms with Gasteiger partial charge in [-0.15, -0.1) is 0 Å². The summed E-state index contributed by atoms with van der Waals surface area (Å²) in [7, 11) is 0. The number of hydrogen-bond acceptors (Lipinski definition) is 2. The van der Waals surface area contributed by atoms with Gasteiger partial charge in [0.15, 0.2) is 0 Å². The third kappa shape index (κ3) is 0.980. The average molecular weight is 115 g/mol. The molecule has 1 aliphatic rings. The monoisotopic (exact) mass is 115 g/mol. The van der Waals surface area contributed by atoms with E-state index in [1.54, 1.807) is 11.8 Å². The molecule has 3 heteroatoms. The van der Waals surface area contributed by atoms with Gasteiger partial charge in [-0.25, -0.2) is 0 Å². The van der Waals surface area contributed by atoms with Crippen molar-refractivity contribution in [2.24, 2.45) is 0 Å². The van der Waals surface area contributed by atoms with E-state index in [1.165, 1.54) is 0 Å². The Kier molecular flexibility index (Phi) is 1.48. The maximum Gasteiger partial charge on any atom is 0.221 e. The maximum absolute atomic E-state index is 10.5. The van der Waals surface area contributed by atoms with Gasteiger partial charge in [0.1, 0.15) is 6.73 Å². The maximum atomic E-state index is 10.5. The van der Waals surface area contributed by atoms with Crippen LogP contribution in [0.4, 0.5) is 0 Å². The number of rotatable bonds is 0. The Morgan fingerprint density at radius 1 is 1.75 bits per heavy atom. The van der Waals surface area contributed by atoms with Crippen LogP contribution in [-0.4, -0.2) is 30.7 Å². The fraction of sp³-hybridized carbons (Fsp3) is 0.800. The lowest BCUT2D eigenvalue weighted by Gasteiger charge is -2.07. The lowest BCUT2D eigenvalue weighted by molar-refractivity contribution is -0.129. The first-order valence-electron chi connectivity index (χ1n) is 2.64. The number of amides is 1. The molecule has 3 nitrogen and oxygen atoms in total. The minimum atomic E-state index is 0.0995. The second-order valence-electron chi connectivity index (χ2n) is 1.82. The Balaban J connectivity index is 2.35. The van der Waals surface area contributed by atoms with Gasteiger partial charge in [-0.05, 0) is 0 Å². The zero-order valence-corrected chi connectivity index (χ0v) is 4.89. The van der Waals surface area contributed by atoms with E-state index in [1.807, 2.05) is 0 Å². The molecule has 0 bridgehead atoms. The number of nitrogens with zero attached hydrogens (tertiary/aromatic N) is 1. The van der Waals surface area contributed by atoms with E-state index < -0.39 is 0 Å². The fourth-order valence-corrected chi connectivity index (χ4v) is 0.662. The Morgan fingerprint density at radius 3 is 2.75 bits per heavy atom. The van der Waals surface area contributed by atoms with Crippen LogP contribution in [-0.2, 0) is 9.53 Å². The summed E-state index contributed by atoms with van der Waals surface area (Å²) in [5.74, 6) is 0.0995. The van der Waals surface area contributed by atoms with Crippen molar-refractivity contribution in [2.75, 3.05) is 19.9 Å². The Hall–Kier alpha value is -0.570. The van der Waals surface area contributed by atoms with Gasteiger partial charge in [-0.2, -0.15) is 0 Å². The molecule has 8 heavy (non-hydrogen) atoms. The molecule has 0 saturated carbocycles. The normalized spacial score (nSPS) is 19.4. The molecular weight excluding hydrogens is 106 g/mol. The minimum Gasteiger partial charge on any atom is -0.359 e. The first kappa shape index (κ1) is 5.56. The van der Waals surface area contributed by atoms with Crippen LogP contribution >= 0.6 is 0 Å². The largest absolute Gasteiger partial charge is 0.359 e. The first-order chi connectivity index (χ1) is 3.80. The summed E-state index contributed by atoms with van der Waals surface area (Å²) < 4.78 is 4.92. The van der Waals surface area contributed by atoms with Crippen molar-refractivity contribution < 1.29 is 9.53 Å². The van der Waals surface area contributed by atoms with Gasteiger partial charge in [0.2, 0.25) is 5.91 Å². The van der Waals surface area contributed by atoms with Crippen molar-refractivity contribution in [3.05, 3.63) is 0 Å². The third-order valence-electron chi connectivity index (χ3n) is 1.20. The molecule has 1 fully saturated rings. The van der Waals surface area contributed by atoms with Crippen molar-refractivity contribution in [1.82, 2.24) is 4.90 Å². The predicted octanol–water partition coefficient (Wildman–Crippen LogP) is -0.177. The standard InChI is InChI=1S/C5H9NO2/c1-5(7)6-2-3-8-4-6/h2-4H2,1H3. The molecule has 1 heterocycles. The third-order valence-corrected chi connectivity index (χ3v) is 1.20. The van der Waals surface area contributed by atoms with Crippen LogP contribution in [0.25, 0.3) is 0 Å². The lowest BCUT2D eigenvalue weighted by Crippen LogP contribution is -2.24. The summed E-state index contributed by atoms with van der Waals surface area (Å²) in [5.41, 5.74) is 0. The van der Waals surface area contributed by atoms with E-state index in [9.17, 15) is 4.79 Å². The molecule has 0 aliphatic carbocycles. The molecule has 0 atom stereocenters. The highest BCUT2D eigenvalue weighted by molar-refractivity contribution is 5.73. The molecule has 0 spiro atoms. The van der Waals surface area contributed by atoms with Gasteiger partial charge in [-0.3, -0.25) is 4.79 Å². The Bertz CT molecular complexity index is 96.6. The highest BCUT2D eigenvalue weighted by atomic mass is 16.5. The van der Waals surface area contributed by atoms with E-state index in [-0.39, 0.29) is 5.91 Å². The highest BCUT2D eigenvalue weighted by Crippen LogP contribution is 1.97. The number of carbonyl (C=O) groups excluding carboxylic acids is 1. The summed E-state index contributed by atoms with van der Waals surface area (Å²) in [4.78, 5) is 12.2. The minimum absolute atomic E-state index is 0.0995. The molecule has 1 saturated heterocycles. The Labute approximate surface area is 48.2 Å². The van der Waals surface area contributed by atoms with E-state index in [0.29, 0.717) is 13.3 Å². The summed E-state index contributed by atoms with van der Waals surface area (Å²) in [6, 6.07) is 0. The summed E-state index contributed by atoms with van der Waals surface area (Å²) in [6.45, 7) is 3.49. The smallest absolute Gasteiger partial charge is 0.221 e. The van der Waals surface area contributed by atoms with Gasteiger partial charge in [0.05, 0.1) is 6.61 Å². The first-order valence-corrected chi connectivity index (χ1v) is 2.64. The van der Waals surface area contributed by atoms with Crippen LogP contribution in [0.15, 0.2) is 0 Å². The number of carbonyl (C=O) groups is 1. The van der Waals surface area contributed by atoms with Crippen LogP contribution in [0.5, 0.6) is 0 Å². The fourth-order valence-electron chi connectivity index (χ4n) is 0.662. The van der Waals surface area contributed by atoms with Crippen molar-refractivity contribution >= 4 is 5.91 Å². The zero-order chi connectivity index (χ0) is 5.98. The second kappa shape index (κ2) is 2.13. The molecule has 0 N–H and O–H groups in total. The van der Waals surface area contributed by atoms with E-state index in [0.717, 1.165) is 6.54 Å². The lowest BCUT2D eigenvalue weighted by atomic mass is 10.6. The second-order valence-corrected chi connectivity index (χ2v) is 1.82. The SMILES string of the molecule is CC(=O)N1CCOC1. The molecule has 0 aromatic carbocycles. The predicted molar refractivity (Wildman–Crippen MR) is 28.2 cm³/mol. The quantitative estimate of drug-likeness (QED) is 0.438. The molecule has 0 aromatic heterocycles. The molecule has 1 amide bonds. The van der Waals surface area contributed by atoms with Gasteiger partial charge < -0.3 is 9.64 Å². The molecule has 0 radical (unpaired) electrons. The number of ether oxygens (including phenoxy) is 1. The van der Waals surface area contributed by atoms with Gasteiger partial charge in [-0.1, -0.05) is 0 Å². The average Bonchev–Trinajstić information content (AvgIpc) is 2.12. The van der Waals surface area contributed by atoms with Crippen LogP contribution < -0.4 is 0 Å². The van der Waals surface area contributed by atoms with E-state index in [2.05, 4.69) is 0 Å². The van der Waals surface area contributed by atoms with Crippen LogP contribution in [0, 0.1) is 0 Å². The molecule has 46 valence electrons. The molecular formula is C5H9NO2. The number of hydrogen-bond donors (Lipinski definition) is 0. The van der Waals surface area contributed by atoms with Crippen LogP contribution in [0.3, 0.4) is 0 Å². The summed E-state index contributed by atoms with van der Waals surface area (Å²) >= 11 is 0. The molecule has 0 unspecified atom stereocenters. The molecule has 1 aliphatic heterocycles. The van der Waals surface area contributed by atoms with E-state index >= 15 is 0 Å². The topological polar surface area (TPSA) is 29.5 Å².